The summed E-state index contributed by atoms with van der Waals surface area (Å²) in [6.45, 7) is 3.70. The monoisotopic (exact) mass is 238 g/mol. The first-order valence-corrected chi connectivity index (χ1v) is 7.78. The lowest BCUT2D eigenvalue weighted by molar-refractivity contribution is 0.0602. The molecule has 2 heteroatoms. The third-order valence-electron chi connectivity index (χ3n) is 4.82. The Labute approximate surface area is 107 Å². The van der Waals surface area contributed by atoms with Gasteiger partial charge in [0.15, 0.2) is 0 Å². The quantitative estimate of drug-likeness (QED) is 0.809. The number of nitrogens with zero attached hydrogens (tertiary/aromatic N) is 1. The third-order valence-corrected chi connectivity index (χ3v) is 4.82. The highest BCUT2D eigenvalue weighted by molar-refractivity contribution is 4.88. The normalized spacial score (nSPS) is 36.0. The van der Waals surface area contributed by atoms with Crippen LogP contribution >= 0.6 is 0 Å². The van der Waals surface area contributed by atoms with Gasteiger partial charge in [-0.1, -0.05) is 26.2 Å². The highest BCUT2D eigenvalue weighted by atomic mass is 15.2. The van der Waals surface area contributed by atoms with Crippen molar-refractivity contribution in [3.63, 3.8) is 0 Å². The van der Waals surface area contributed by atoms with E-state index in [9.17, 15) is 0 Å². The summed E-state index contributed by atoms with van der Waals surface area (Å²) in [5, 5.41) is 3.49. The van der Waals surface area contributed by atoms with Crippen molar-refractivity contribution in [1.82, 2.24) is 10.2 Å². The third kappa shape index (κ3) is 3.45. The van der Waals surface area contributed by atoms with Gasteiger partial charge < -0.3 is 5.32 Å². The van der Waals surface area contributed by atoms with Gasteiger partial charge in [0.1, 0.15) is 0 Å². The predicted octanol–water partition coefficient (Wildman–Crippen LogP) is 3.17. The predicted molar refractivity (Wildman–Crippen MR) is 74.4 cm³/mol. The van der Waals surface area contributed by atoms with Crippen molar-refractivity contribution in [3.8, 4) is 0 Å². The molecule has 3 unspecified atom stereocenters. The van der Waals surface area contributed by atoms with Gasteiger partial charge in [-0.3, -0.25) is 4.90 Å². The van der Waals surface area contributed by atoms with Crippen molar-refractivity contribution in [2.45, 2.75) is 82.8 Å². The van der Waals surface area contributed by atoms with Crippen LogP contribution in [-0.2, 0) is 0 Å². The van der Waals surface area contributed by atoms with Crippen LogP contribution in [0.1, 0.15) is 64.7 Å². The summed E-state index contributed by atoms with van der Waals surface area (Å²) in [6.07, 6.45) is 12.8. The number of rotatable bonds is 4. The van der Waals surface area contributed by atoms with Crippen molar-refractivity contribution in [2.75, 3.05) is 13.6 Å². The van der Waals surface area contributed by atoms with E-state index in [0.717, 1.165) is 18.1 Å². The minimum Gasteiger partial charge on any atom is -0.317 e. The summed E-state index contributed by atoms with van der Waals surface area (Å²) < 4.78 is 0. The SMILES string of the molecule is CCCC1CCCCN1C1CCCC(NC)C1. The second kappa shape index (κ2) is 6.75. The van der Waals surface area contributed by atoms with Gasteiger partial charge in [0.25, 0.3) is 0 Å². The fourth-order valence-corrected chi connectivity index (χ4v) is 3.87. The molecular weight excluding hydrogens is 208 g/mol. The molecule has 0 aromatic carbocycles. The highest BCUT2D eigenvalue weighted by Crippen LogP contribution is 2.30. The number of likely N-dealkylation sites (tertiary alicyclic amines) is 1. The van der Waals surface area contributed by atoms with Gasteiger partial charge in [-0.25, -0.2) is 0 Å². The zero-order chi connectivity index (χ0) is 12.1. The van der Waals surface area contributed by atoms with Crippen molar-refractivity contribution in [3.05, 3.63) is 0 Å². The Morgan fingerprint density at radius 1 is 1.12 bits per heavy atom. The van der Waals surface area contributed by atoms with E-state index in [2.05, 4.69) is 24.2 Å². The minimum atomic E-state index is 0.776. The van der Waals surface area contributed by atoms with Gasteiger partial charge in [0, 0.05) is 18.1 Å². The lowest BCUT2D eigenvalue weighted by Crippen LogP contribution is -2.50. The molecule has 3 atom stereocenters. The molecule has 1 aliphatic heterocycles. The first-order valence-electron chi connectivity index (χ1n) is 7.78. The molecule has 1 saturated carbocycles. The highest BCUT2D eigenvalue weighted by Gasteiger charge is 2.31. The summed E-state index contributed by atoms with van der Waals surface area (Å²) in [6, 6.07) is 2.55. The Bertz CT molecular complexity index is 215. The fourth-order valence-electron chi connectivity index (χ4n) is 3.87. The number of hydrogen-bond donors (Lipinski definition) is 1. The minimum absolute atomic E-state index is 0.776. The first-order chi connectivity index (χ1) is 8.35. The van der Waals surface area contributed by atoms with Gasteiger partial charge in [0.2, 0.25) is 0 Å². The van der Waals surface area contributed by atoms with Crippen LogP contribution in [0.4, 0.5) is 0 Å². The molecule has 0 bridgehead atoms. The van der Waals surface area contributed by atoms with E-state index >= 15 is 0 Å². The topological polar surface area (TPSA) is 15.3 Å². The average molecular weight is 238 g/mol. The maximum atomic E-state index is 3.49. The second-order valence-corrected chi connectivity index (χ2v) is 5.98. The molecule has 2 aliphatic rings. The number of piperidine rings is 1. The molecule has 1 aliphatic carbocycles. The van der Waals surface area contributed by atoms with E-state index < -0.39 is 0 Å². The van der Waals surface area contributed by atoms with Crippen LogP contribution in [0.5, 0.6) is 0 Å². The average Bonchev–Trinajstić information content (AvgIpc) is 2.40. The van der Waals surface area contributed by atoms with E-state index in [0.29, 0.717) is 0 Å². The Kier molecular flexibility index (Phi) is 5.30. The molecule has 100 valence electrons. The molecule has 0 aromatic rings. The molecule has 17 heavy (non-hydrogen) atoms. The Hall–Kier alpha value is -0.0800. The lowest BCUT2D eigenvalue weighted by Gasteiger charge is -2.44. The molecule has 0 radical (unpaired) electrons. The zero-order valence-electron chi connectivity index (χ0n) is 11.8. The number of nitrogens with one attached hydrogen (secondary N) is 1. The Morgan fingerprint density at radius 3 is 2.76 bits per heavy atom. The van der Waals surface area contributed by atoms with Gasteiger partial charge in [-0.15, -0.1) is 0 Å². The van der Waals surface area contributed by atoms with E-state index in [1.54, 1.807) is 0 Å². The molecule has 0 aromatic heterocycles. The molecule has 2 fully saturated rings. The van der Waals surface area contributed by atoms with Crippen LogP contribution in [-0.4, -0.2) is 36.6 Å². The van der Waals surface area contributed by atoms with Crippen molar-refractivity contribution < 1.29 is 0 Å². The van der Waals surface area contributed by atoms with E-state index in [1.807, 2.05) is 0 Å². The number of hydrogen-bond acceptors (Lipinski definition) is 2. The maximum absolute atomic E-state index is 3.49. The van der Waals surface area contributed by atoms with Gasteiger partial charge in [-0.2, -0.15) is 0 Å². The van der Waals surface area contributed by atoms with Crippen molar-refractivity contribution in [1.29, 1.82) is 0 Å². The van der Waals surface area contributed by atoms with Gasteiger partial charge in [0.05, 0.1) is 0 Å². The molecule has 1 N–H and O–H groups in total. The van der Waals surface area contributed by atoms with Gasteiger partial charge >= 0.3 is 0 Å². The largest absolute Gasteiger partial charge is 0.317 e. The Morgan fingerprint density at radius 2 is 2.00 bits per heavy atom. The van der Waals surface area contributed by atoms with Crippen molar-refractivity contribution >= 4 is 0 Å². The summed E-state index contributed by atoms with van der Waals surface area (Å²) in [5.41, 5.74) is 0. The fraction of sp³-hybridized carbons (Fsp3) is 1.00. The second-order valence-electron chi connectivity index (χ2n) is 5.98. The molecule has 1 heterocycles. The van der Waals surface area contributed by atoms with Gasteiger partial charge in [-0.05, 0) is 52.1 Å². The van der Waals surface area contributed by atoms with Crippen LogP contribution in [0.2, 0.25) is 0 Å². The summed E-state index contributed by atoms with van der Waals surface area (Å²) >= 11 is 0. The van der Waals surface area contributed by atoms with Crippen LogP contribution in [0.3, 0.4) is 0 Å². The molecule has 0 amide bonds. The zero-order valence-corrected chi connectivity index (χ0v) is 11.8. The van der Waals surface area contributed by atoms with E-state index in [-0.39, 0.29) is 0 Å². The van der Waals surface area contributed by atoms with Crippen LogP contribution in [0.25, 0.3) is 0 Å². The molecule has 2 nitrogen and oxygen atoms in total. The van der Waals surface area contributed by atoms with Crippen molar-refractivity contribution in [2.24, 2.45) is 0 Å². The van der Waals surface area contributed by atoms with Crippen LogP contribution < -0.4 is 5.32 Å². The summed E-state index contributed by atoms with van der Waals surface area (Å²) in [5.74, 6) is 0. The van der Waals surface area contributed by atoms with E-state index in [4.69, 9.17) is 0 Å². The summed E-state index contributed by atoms with van der Waals surface area (Å²) in [7, 11) is 2.13. The summed E-state index contributed by atoms with van der Waals surface area (Å²) in [4.78, 5) is 2.87. The molecule has 0 spiro atoms. The Balaban J connectivity index is 1.92. The molecule has 2 rings (SSSR count). The maximum Gasteiger partial charge on any atom is 0.0113 e. The van der Waals surface area contributed by atoms with Crippen LogP contribution in [0, 0.1) is 0 Å². The first kappa shape index (κ1) is 13.4. The molecular formula is C15H30N2. The van der Waals surface area contributed by atoms with E-state index in [1.165, 1.54) is 64.3 Å². The lowest BCUT2D eigenvalue weighted by atomic mass is 9.86. The smallest absolute Gasteiger partial charge is 0.0113 e. The molecule has 1 saturated heterocycles. The van der Waals surface area contributed by atoms with Crippen LogP contribution in [0.15, 0.2) is 0 Å². The standard InChI is InChI=1S/C15H30N2/c1-3-7-14-9-4-5-11-17(14)15-10-6-8-13(12-15)16-2/h13-16H,3-12H2,1-2H3.